The lowest BCUT2D eigenvalue weighted by atomic mass is 9.52. The zero-order valence-electron chi connectivity index (χ0n) is 32.6. The molecule has 55 heavy (non-hydrogen) atoms. The first kappa shape index (κ1) is 42.9. The molecular formula is C42H63F5N2O5S. The summed E-state index contributed by atoms with van der Waals surface area (Å²) in [7, 11) is 0. The molecule has 2 aliphatic heterocycles. The number of benzene rings is 1. The second-order valence-corrected chi connectivity index (χ2v) is 19.1. The van der Waals surface area contributed by atoms with E-state index in [0.717, 1.165) is 116 Å². The molecule has 0 aromatic heterocycles. The van der Waals surface area contributed by atoms with Crippen molar-refractivity contribution >= 4 is 17.3 Å². The number of aliphatic hydroxyl groups is 1. The summed E-state index contributed by atoms with van der Waals surface area (Å²) >= 11 is -1.38. The molecule has 0 bridgehead atoms. The highest BCUT2D eigenvalue weighted by atomic mass is 32.2. The average Bonchev–Trinajstić information content (AvgIpc) is 3.47. The fourth-order valence-corrected chi connectivity index (χ4v) is 12.1. The normalized spacial score (nSPS) is 29.7. The van der Waals surface area contributed by atoms with Crippen molar-refractivity contribution in [3.05, 3.63) is 29.3 Å². The first-order chi connectivity index (χ1) is 26.3. The molecule has 0 spiro atoms. The minimum atomic E-state index is -5.56. The summed E-state index contributed by atoms with van der Waals surface area (Å²) in [5.74, 6) is -1.89. The van der Waals surface area contributed by atoms with Crippen molar-refractivity contribution in [2.45, 2.75) is 146 Å². The number of amides is 1. The van der Waals surface area contributed by atoms with E-state index in [9.17, 15) is 36.4 Å². The van der Waals surface area contributed by atoms with Gasteiger partial charge in [-0.15, -0.1) is 0 Å². The highest BCUT2D eigenvalue weighted by molar-refractivity contribution is 7.91. The van der Waals surface area contributed by atoms with E-state index in [4.69, 9.17) is 9.47 Å². The van der Waals surface area contributed by atoms with Crippen LogP contribution in [0.3, 0.4) is 0 Å². The van der Waals surface area contributed by atoms with Gasteiger partial charge in [0.15, 0.2) is 0 Å². The van der Waals surface area contributed by atoms with Crippen LogP contribution >= 0.6 is 0 Å². The lowest BCUT2D eigenvalue weighted by Gasteiger charge is -2.53. The van der Waals surface area contributed by atoms with Gasteiger partial charge in [-0.05, 0) is 123 Å². The lowest BCUT2D eigenvalue weighted by molar-refractivity contribution is -0.284. The first-order valence-corrected chi connectivity index (χ1v) is 22.6. The van der Waals surface area contributed by atoms with Crippen LogP contribution < -0.4 is 4.74 Å². The van der Waals surface area contributed by atoms with Crippen LogP contribution in [0.25, 0.3) is 0 Å². The number of carbonyl (C=O) groups is 1. The summed E-state index contributed by atoms with van der Waals surface area (Å²) < 4.78 is 86.8. The summed E-state index contributed by atoms with van der Waals surface area (Å²) in [6, 6.07) is 6.82. The van der Waals surface area contributed by atoms with Gasteiger partial charge in [0.25, 0.3) is 0 Å². The summed E-state index contributed by atoms with van der Waals surface area (Å²) in [4.78, 5) is 17.6. The number of halogens is 5. The maximum absolute atomic E-state index is 13.3. The maximum atomic E-state index is 13.3. The number of alkyl halides is 5. The predicted octanol–water partition coefficient (Wildman–Crippen LogP) is 9.27. The molecule has 7 nitrogen and oxygen atoms in total. The molecule has 3 aliphatic carbocycles. The molecule has 1 N–H and O–H groups in total. The van der Waals surface area contributed by atoms with Crippen molar-refractivity contribution in [3.8, 4) is 5.75 Å². The van der Waals surface area contributed by atoms with Crippen molar-refractivity contribution < 1.29 is 45.9 Å². The van der Waals surface area contributed by atoms with E-state index in [0.29, 0.717) is 60.7 Å². The molecule has 1 unspecified atom stereocenters. The van der Waals surface area contributed by atoms with E-state index in [2.05, 4.69) is 24.0 Å². The van der Waals surface area contributed by atoms with Crippen LogP contribution in [-0.2, 0) is 22.3 Å². The summed E-state index contributed by atoms with van der Waals surface area (Å²) in [6.07, 6.45) is 7.19. The molecule has 5 aliphatic rings. The van der Waals surface area contributed by atoms with E-state index in [1.807, 2.05) is 11.0 Å². The van der Waals surface area contributed by atoms with E-state index in [-0.39, 0.29) is 23.4 Å². The largest absolute Gasteiger partial charge is 0.616 e. The number of carbonyl (C=O) groups excluding carboxylic acids is 1. The molecule has 1 aromatic carbocycles. The van der Waals surface area contributed by atoms with Crippen LogP contribution in [0.5, 0.6) is 5.75 Å². The molecule has 2 saturated carbocycles. The Morgan fingerprint density at radius 1 is 0.927 bits per heavy atom. The molecule has 0 radical (unpaired) electrons. The van der Waals surface area contributed by atoms with Gasteiger partial charge in [-0.3, -0.25) is 4.90 Å². The van der Waals surface area contributed by atoms with Gasteiger partial charge in [-0.2, -0.15) is 22.0 Å². The quantitative estimate of drug-likeness (QED) is 0.102. The molecule has 6 rings (SSSR count). The van der Waals surface area contributed by atoms with E-state index in [1.165, 1.54) is 11.1 Å². The third-order valence-electron chi connectivity index (χ3n) is 14.0. The number of nitrogens with zero attached hydrogens (tertiary/aromatic N) is 2. The van der Waals surface area contributed by atoms with E-state index >= 15 is 0 Å². The molecule has 2 saturated heterocycles. The van der Waals surface area contributed by atoms with Crippen LogP contribution in [-0.4, -0.2) is 101 Å². The average molecular weight is 803 g/mol. The minimum Gasteiger partial charge on any atom is -0.616 e. The number of unbranched alkanes of at least 4 members (excludes halogenated alkanes) is 6. The molecule has 1 aromatic rings. The van der Waals surface area contributed by atoms with Gasteiger partial charge in [-0.25, -0.2) is 4.79 Å². The first-order valence-electron chi connectivity index (χ1n) is 21.2. The Bertz CT molecular complexity index is 1390. The van der Waals surface area contributed by atoms with Gasteiger partial charge in [-0.1, -0.05) is 56.3 Å². The Kier molecular flexibility index (Phi) is 14.8. The Morgan fingerprint density at radius 2 is 1.60 bits per heavy atom. The van der Waals surface area contributed by atoms with Gasteiger partial charge in [0.05, 0.1) is 19.3 Å². The van der Waals surface area contributed by atoms with Crippen molar-refractivity contribution in [2.75, 3.05) is 50.9 Å². The van der Waals surface area contributed by atoms with Crippen LogP contribution in [0.2, 0.25) is 0 Å². The van der Waals surface area contributed by atoms with Gasteiger partial charge in [0.2, 0.25) is 0 Å². The number of hydrogen-bond donors (Lipinski definition) is 1. The standard InChI is InChI=1S/C42H63F5N2O5S/c1-40-19-15-35-34-12-11-33(54-39(51)49-20-16-32(17-21-49)48-22-24-53-25-23-48)29-31(34)28-30(38(35)36(40)13-14-37(40)50)10-7-5-3-2-4-6-8-26-55(52)27-9-18-41(43,44)42(45,46)47/h11-12,29-30,32,35-38,50H,2-10,13-28H2,1H3/t30-,35-,36+,37+,38-,40+,55?/m1/s1. The molecular weight excluding hydrogens is 740 g/mol. The zero-order valence-corrected chi connectivity index (χ0v) is 33.5. The Balaban J connectivity index is 0.959. The van der Waals surface area contributed by atoms with Gasteiger partial charge >= 0.3 is 18.2 Å². The molecule has 7 atom stereocenters. The van der Waals surface area contributed by atoms with Gasteiger partial charge < -0.3 is 24.0 Å². The molecule has 1 amide bonds. The predicted molar refractivity (Wildman–Crippen MR) is 204 cm³/mol. The number of ether oxygens (including phenoxy) is 2. The number of hydrogen-bond acceptors (Lipinski definition) is 6. The molecule has 2 heterocycles. The molecule has 4 fully saturated rings. The summed E-state index contributed by atoms with van der Waals surface area (Å²) in [5.41, 5.74) is 2.67. The Morgan fingerprint density at radius 3 is 2.31 bits per heavy atom. The number of fused-ring (bicyclic) bond motifs is 5. The monoisotopic (exact) mass is 802 g/mol. The van der Waals surface area contributed by atoms with Crippen LogP contribution in [0.4, 0.5) is 26.7 Å². The second kappa shape index (κ2) is 18.9. The van der Waals surface area contributed by atoms with Crippen molar-refractivity contribution in [3.63, 3.8) is 0 Å². The van der Waals surface area contributed by atoms with E-state index in [1.54, 1.807) is 0 Å². The highest BCUT2D eigenvalue weighted by Crippen LogP contribution is 2.62. The summed E-state index contributed by atoms with van der Waals surface area (Å²) in [6.45, 7) is 7.19. The second-order valence-electron chi connectivity index (χ2n) is 17.4. The van der Waals surface area contributed by atoms with Gasteiger partial charge in [0.1, 0.15) is 17.3 Å². The molecule has 13 heteroatoms. The van der Waals surface area contributed by atoms with Crippen molar-refractivity contribution in [2.24, 2.45) is 23.2 Å². The maximum Gasteiger partial charge on any atom is 0.453 e. The number of aliphatic hydroxyl groups excluding tert-OH is 1. The van der Waals surface area contributed by atoms with Crippen molar-refractivity contribution in [1.82, 2.24) is 9.80 Å². The van der Waals surface area contributed by atoms with Crippen LogP contribution in [0.15, 0.2) is 18.2 Å². The van der Waals surface area contributed by atoms with Gasteiger partial charge in [0, 0.05) is 38.6 Å². The SMILES string of the molecule is C[C@]12CC[C@@H]3c4ccc(OC(=O)N5CCC(N6CCOCC6)CC5)cc4C[C@@H](CCCCCCCCC[S+]([O-])CCCC(F)(F)C(F)(F)F)[C@H]3[C@@H]1CC[C@@H]2O. The fourth-order valence-electron chi connectivity index (χ4n) is 10.9. The summed E-state index contributed by atoms with van der Waals surface area (Å²) in [5, 5.41) is 11.1. The zero-order chi connectivity index (χ0) is 39.2. The smallest absolute Gasteiger partial charge is 0.453 e. The highest BCUT2D eigenvalue weighted by Gasteiger charge is 2.57. The third-order valence-corrected chi connectivity index (χ3v) is 15.5. The Labute approximate surface area is 327 Å². The lowest BCUT2D eigenvalue weighted by Crippen LogP contribution is -2.50. The fraction of sp³-hybridized carbons (Fsp3) is 0.833. The minimum absolute atomic E-state index is 0.0283. The Hall–Kier alpha value is -1.67. The van der Waals surface area contributed by atoms with Crippen molar-refractivity contribution in [1.29, 1.82) is 0 Å². The topological polar surface area (TPSA) is 85.3 Å². The van der Waals surface area contributed by atoms with E-state index < -0.39 is 36.1 Å². The number of morpholine rings is 1. The molecule has 312 valence electrons. The number of piperidine rings is 1. The van der Waals surface area contributed by atoms with Crippen LogP contribution in [0.1, 0.15) is 127 Å². The van der Waals surface area contributed by atoms with Crippen LogP contribution in [0, 0.1) is 23.2 Å². The number of rotatable bonds is 16. The third kappa shape index (κ3) is 10.5. The number of likely N-dealkylation sites (tertiary alicyclic amines) is 1.